The van der Waals surface area contributed by atoms with E-state index in [0.29, 0.717) is 11.7 Å². The van der Waals surface area contributed by atoms with E-state index in [2.05, 4.69) is 19.9 Å². The Hall–Kier alpha value is -0.300. The molecule has 0 aromatic heterocycles. The number of fused-ring (bicyclic) bond motifs is 6. The smallest absolute Gasteiger partial charge is 0.0979 e. The third-order valence-corrected chi connectivity index (χ3v) is 5.76. The van der Waals surface area contributed by atoms with Crippen LogP contribution in [0.1, 0.15) is 39.5 Å². The SMILES string of the molecule is CC1=CC[C@@H]2[C@H]3C[C@H]([C@H]2C1)[C@]1(C3)O[C@H]1C. The summed E-state index contributed by atoms with van der Waals surface area (Å²) in [4.78, 5) is 0. The summed E-state index contributed by atoms with van der Waals surface area (Å²) in [5.74, 6) is 3.89. The lowest BCUT2D eigenvalue weighted by molar-refractivity contribution is 0.114. The highest BCUT2D eigenvalue weighted by Crippen LogP contribution is 2.68. The Labute approximate surface area is 91.9 Å². The van der Waals surface area contributed by atoms with Gasteiger partial charge in [-0.2, -0.15) is 0 Å². The van der Waals surface area contributed by atoms with Gasteiger partial charge in [-0.1, -0.05) is 11.6 Å². The summed E-state index contributed by atoms with van der Waals surface area (Å²) in [5, 5.41) is 0. The van der Waals surface area contributed by atoms with Crippen LogP contribution in [0.4, 0.5) is 0 Å². The molecule has 0 amide bonds. The summed E-state index contributed by atoms with van der Waals surface area (Å²) in [6.07, 6.45) is 8.64. The maximum absolute atomic E-state index is 5.96. The summed E-state index contributed by atoms with van der Waals surface area (Å²) < 4.78 is 5.96. The van der Waals surface area contributed by atoms with E-state index in [4.69, 9.17) is 4.74 Å². The van der Waals surface area contributed by atoms with Gasteiger partial charge in [0.15, 0.2) is 0 Å². The molecule has 0 N–H and O–H groups in total. The van der Waals surface area contributed by atoms with Crippen LogP contribution in [0.15, 0.2) is 11.6 Å². The fourth-order valence-electron chi connectivity index (χ4n) is 5.03. The third kappa shape index (κ3) is 0.939. The van der Waals surface area contributed by atoms with Gasteiger partial charge in [-0.05, 0) is 63.2 Å². The highest BCUT2D eigenvalue weighted by molar-refractivity contribution is 5.22. The van der Waals surface area contributed by atoms with Gasteiger partial charge in [-0.15, -0.1) is 0 Å². The number of allylic oxidation sites excluding steroid dienone is 2. The molecule has 1 heterocycles. The Balaban J connectivity index is 1.68. The van der Waals surface area contributed by atoms with Crippen LogP contribution in [0.5, 0.6) is 0 Å². The second-order valence-electron chi connectivity index (χ2n) is 6.34. The molecule has 1 saturated heterocycles. The highest BCUT2D eigenvalue weighted by Gasteiger charge is 2.70. The van der Waals surface area contributed by atoms with Crippen LogP contribution in [-0.2, 0) is 4.74 Å². The van der Waals surface area contributed by atoms with Crippen LogP contribution in [-0.4, -0.2) is 11.7 Å². The Kier molecular flexibility index (Phi) is 1.47. The number of epoxide rings is 1. The number of hydrogen-bond donors (Lipinski definition) is 0. The highest BCUT2D eigenvalue weighted by atomic mass is 16.6. The van der Waals surface area contributed by atoms with Gasteiger partial charge in [0.25, 0.3) is 0 Å². The molecule has 2 bridgehead atoms. The summed E-state index contributed by atoms with van der Waals surface area (Å²) in [6, 6.07) is 0. The van der Waals surface area contributed by atoms with Gasteiger partial charge in [-0.25, -0.2) is 0 Å². The third-order valence-electron chi connectivity index (χ3n) is 5.76. The molecule has 0 unspecified atom stereocenters. The van der Waals surface area contributed by atoms with Crippen molar-refractivity contribution < 1.29 is 4.74 Å². The van der Waals surface area contributed by atoms with E-state index >= 15 is 0 Å². The fraction of sp³-hybridized carbons (Fsp3) is 0.857. The van der Waals surface area contributed by atoms with Crippen molar-refractivity contribution in [2.24, 2.45) is 23.7 Å². The molecule has 82 valence electrons. The second kappa shape index (κ2) is 2.51. The molecule has 4 rings (SSSR count). The van der Waals surface area contributed by atoms with Crippen molar-refractivity contribution in [3.05, 3.63) is 11.6 Å². The van der Waals surface area contributed by atoms with Crippen molar-refractivity contribution in [3.8, 4) is 0 Å². The van der Waals surface area contributed by atoms with Crippen LogP contribution < -0.4 is 0 Å². The molecule has 15 heavy (non-hydrogen) atoms. The van der Waals surface area contributed by atoms with Gasteiger partial charge >= 0.3 is 0 Å². The minimum absolute atomic E-state index is 0.365. The molecule has 1 nitrogen and oxygen atoms in total. The molecule has 4 aliphatic rings. The van der Waals surface area contributed by atoms with E-state index in [9.17, 15) is 0 Å². The lowest BCUT2D eigenvalue weighted by Crippen LogP contribution is -2.36. The van der Waals surface area contributed by atoms with E-state index in [1.54, 1.807) is 5.57 Å². The molecular formula is C14H20O. The van der Waals surface area contributed by atoms with Gasteiger partial charge in [-0.3, -0.25) is 0 Å². The summed E-state index contributed by atoms with van der Waals surface area (Å²) in [5.41, 5.74) is 2.00. The minimum Gasteiger partial charge on any atom is -0.366 e. The summed E-state index contributed by atoms with van der Waals surface area (Å²) >= 11 is 0. The van der Waals surface area contributed by atoms with Crippen molar-refractivity contribution in [1.82, 2.24) is 0 Å². The predicted molar refractivity (Wildman–Crippen MR) is 59.5 cm³/mol. The lowest BCUT2D eigenvalue weighted by atomic mass is 9.67. The Morgan fingerprint density at radius 3 is 2.93 bits per heavy atom. The van der Waals surface area contributed by atoms with Gasteiger partial charge in [0, 0.05) is 0 Å². The Morgan fingerprint density at radius 1 is 1.40 bits per heavy atom. The lowest BCUT2D eigenvalue weighted by Gasteiger charge is -2.37. The van der Waals surface area contributed by atoms with Gasteiger partial charge in [0.2, 0.25) is 0 Å². The summed E-state index contributed by atoms with van der Waals surface area (Å²) in [6.45, 7) is 4.59. The monoisotopic (exact) mass is 204 g/mol. The van der Waals surface area contributed by atoms with Crippen molar-refractivity contribution in [2.45, 2.75) is 51.2 Å². The van der Waals surface area contributed by atoms with Gasteiger partial charge in [0.1, 0.15) is 0 Å². The average Bonchev–Trinajstić information content (AvgIpc) is 2.61. The van der Waals surface area contributed by atoms with Gasteiger partial charge in [0.05, 0.1) is 11.7 Å². The topological polar surface area (TPSA) is 12.5 Å². The van der Waals surface area contributed by atoms with Gasteiger partial charge < -0.3 is 4.74 Å². The first-order valence-electron chi connectivity index (χ1n) is 6.54. The Bertz CT molecular complexity index is 345. The van der Waals surface area contributed by atoms with E-state index in [1.165, 1.54) is 25.7 Å². The number of rotatable bonds is 0. The predicted octanol–water partition coefficient (Wildman–Crippen LogP) is 3.16. The number of ether oxygens (including phenoxy) is 1. The molecule has 1 spiro atoms. The standard InChI is InChI=1S/C14H20O/c1-8-3-4-11-10-6-13(12(11)5-8)14(7-10)9(2)15-14/h3,9-13H,4-7H2,1-2H3/t9-,10-,11+,12-,13+,14+/m0/s1. The normalized spacial score (nSPS) is 60.7. The van der Waals surface area contributed by atoms with Crippen molar-refractivity contribution in [3.63, 3.8) is 0 Å². The molecule has 3 fully saturated rings. The maximum Gasteiger partial charge on any atom is 0.0979 e. The molecule has 0 aromatic carbocycles. The first-order chi connectivity index (χ1) is 7.21. The maximum atomic E-state index is 5.96. The molecule has 1 aliphatic heterocycles. The zero-order chi connectivity index (χ0) is 10.2. The zero-order valence-corrected chi connectivity index (χ0v) is 9.70. The van der Waals surface area contributed by atoms with Crippen molar-refractivity contribution in [1.29, 1.82) is 0 Å². The van der Waals surface area contributed by atoms with Crippen LogP contribution in [0.2, 0.25) is 0 Å². The van der Waals surface area contributed by atoms with E-state index in [1.807, 2.05) is 0 Å². The van der Waals surface area contributed by atoms with Crippen molar-refractivity contribution >= 4 is 0 Å². The fourth-order valence-corrected chi connectivity index (χ4v) is 5.03. The van der Waals surface area contributed by atoms with Crippen LogP contribution in [0, 0.1) is 23.7 Å². The zero-order valence-electron chi connectivity index (χ0n) is 9.70. The van der Waals surface area contributed by atoms with Crippen LogP contribution >= 0.6 is 0 Å². The van der Waals surface area contributed by atoms with Crippen LogP contribution in [0.3, 0.4) is 0 Å². The minimum atomic E-state index is 0.365. The molecule has 6 atom stereocenters. The summed E-state index contributed by atoms with van der Waals surface area (Å²) in [7, 11) is 0. The first-order valence-corrected chi connectivity index (χ1v) is 6.54. The average molecular weight is 204 g/mol. The quantitative estimate of drug-likeness (QED) is 0.436. The molecular weight excluding hydrogens is 184 g/mol. The largest absolute Gasteiger partial charge is 0.366 e. The van der Waals surface area contributed by atoms with E-state index in [0.717, 1.165) is 23.7 Å². The molecule has 0 aromatic rings. The Morgan fingerprint density at radius 2 is 2.20 bits per heavy atom. The molecule has 1 heteroatoms. The second-order valence-corrected chi connectivity index (χ2v) is 6.34. The molecule has 3 aliphatic carbocycles. The van der Waals surface area contributed by atoms with Crippen LogP contribution in [0.25, 0.3) is 0 Å². The van der Waals surface area contributed by atoms with Crippen molar-refractivity contribution in [2.75, 3.05) is 0 Å². The van der Waals surface area contributed by atoms with E-state index < -0.39 is 0 Å². The number of hydrogen-bond acceptors (Lipinski definition) is 1. The first kappa shape index (κ1) is 8.81. The molecule has 0 radical (unpaired) electrons. The molecule has 2 saturated carbocycles. The van der Waals surface area contributed by atoms with E-state index in [-0.39, 0.29) is 0 Å².